The van der Waals surface area contributed by atoms with Gasteiger partial charge in [-0.15, -0.1) is 0 Å². The lowest BCUT2D eigenvalue weighted by molar-refractivity contribution is -0.670. The van der Waals surface area contributed by atoms with E-state index in [9.17, 15) is 22.8 Å². The lowest BCUT2D eigenvalue weighted by Crippen LogP contribution is -3.00. The van der Waals surface area contributed by atoms with Gasteiger partial charge in [0.1, 0.15) is 12.4 Å². The van der Waals surface area contributed by atoms with Crippen molar-refractivity contribution in [2.45, 2.75) is 6.18 Å². The van der Waals surface area contributed by atoms with Crippen LogP contribution >= 0.6 is 0 Å². The Hall–Kier alpha value is -1.33. The van der Waals surface area contributed by atoms with Crippen molar-refractivity contribution in [2.24, 2.45) is 7.05 Å². The number of carbonyl (C=O) groups is 2. The van der Waals surface area contributed by atoms with E-state index in [-0.39, 0.29) is 56.2 Å². The molecule has 10 heteroatoms. The van der Waals surface area contributed by atoms with Crippen molar-refractivity contribution in [3.05, 3.63) is 18.7 Å². The monoisotopic (exact) mass is 418 g/mol. The fourth-order valence-electron chi connectivity index (χ4n) is 2.01. The van der Waals surface area contributed by atoms with Crippen LogP contribution in [0, 0.1) is 0 Å². The summed E-state index contributed by atoms with van der Waals surface area (Å²) in [7, 11) is 1.75. The van der Waals surface area contributed by atoms with Gasteiger partial charge in [0.15, 0.2) is 0 Å². The van der Waals surface area contributed by atoms with E-state index in [1.807, 2.05) is 0 Å². The predicted octanol–water partition coefficient (Wildman–Crippen LogP) is -3.01. The fourth-order valence-corrected chi connectivity index (χ4v) is 2.01. The van der Waals surface area contributed by atoms with Crippen molar-refractivity contribution < 1.29 is 51.3 Å². The van der Waals surface area contributed by atoms with Crippen molar-refractivity contribution in [3.8, 4) is 0 Å². The summed E-state index contributed by atoms with van der Waals surface area (Å²) in [6.45, 7) is -0.0555. The Labute approximate surface area is 136 Å². The fraction of sp³-hybridized carbons (Fsp3) is 0.545. The third-order valence-electron chi connectivity index (χ3n) is 3.07. The molecule has 1 fully saturated rings. The van der Waals surface area contributed by atoms with Crippen LogP contribution in [0.1, 0.15) is 0 Å². The molecule has 1 saturated heterocycles. The molecule has 1 aliphatic rings. The molecule has 0 spiro atoms. The quantitative estimate of drug-likeness (QED) is 0.333. The van der Waals surface area contributed by atoms with Gasteiger partial charge < -0.3 is 33.8 Å². The average Bonchev–Trinajstić information content (AvgIpc) is 2.83. The van der Waals surface area contributed by atoms with E-state index >= 15 is 0 Å². The molecule has 0 atom stereocenters. The first-order valence-corrected chi connectivity index (χ1v) is 5.97. The number of amides is 2. The van der Waals surface area contributed by atoms with Gasteiger partial charge in [0.2, 0.25) is 0 Å². The highest BCUT2D eigenvalue weighted by Gasteiger charge is 2.43. The number of hydrogen-bond donors (Lipinski definition) is 0. The number of aromatic nitrogens is 2. The molecule has 2 amide bonds. The van der Waals surface area contributed by atoms with E-state index < -0.39 is 12.1 Å². The van der Waals surface area contributed by atoms with Crippen molar-refractivity contribution >= 4 is 11.9 Å². The normalized spacial score (nSPS) is 15.6. The smallest absolute Gasteiger partial charge is 0.471 e. The minimum atomic E-state index is -4.86. The number of alkyl halides is 3. The first-order chi connectivity index (χ1) is 9.29. The lowest BCUT2D eigenvalue weighted by atomic mass is 10.3. The number of hydrogen-bond acceptors (Lipinski definition) is 2. The Morgan fingerprint density at radius 2 is 1.62 bits per heavy atom. The van der Waals surface area contributed by atoms with E-state index in [1.54, 1.807) is 30.3 Å². The van der Waals surface area contributed by atoms with Crippen molar-refractivity contribution in [1.82, 2.24) is 14.4 Å². The molecule has 0 N–H and O–H groups in total. The third-order valence-corrected chi connectivity index (χ3v) is 3.07. The number of carbonyl (C=O) groups excluding carboxylic acids is 2. The van der Waals surface area contributed by atoms with Crippen LogP contribution in [0.15, 0.2) is 18.7 Å². The van der Waals surface area contributed by atoms with Crippen LogP contribution in [0.4, 0.5) is 18.0 Å². The number of rotatable bonds is 0. The summed E-state index contributed by atoms with van der Waals surface area (Å²) in [5, 5.41) is 0. The van der Waals surface area contributed by atoms with Crippen molar-refractivity contribution in [3.63, 3.8) is 0 Å². The highest BCUT2D eigenvalue weighted by molar-refractivity contribution is 5.82. The third kappa shape index (κ3) is 4.08. The van der Waals surface area contributed by atoms with Gasteiger partial charge in [0, 0.05) is 26.2 Å². The van der Waals surface area contributed by atoms with E-state index in [2.05, 4.69) is 0 Å². The Morgan fingerprint density at radius 3 is 2.05 bits per heavy atom. The summed E-state index contributed by atoms with van der Waals surface area (Å²) >= 11 is 0. The Bertz CT molecular complexity index is 524. The van der Waals surface area contributed by atoms with Crippen LogP contribution in [-0.2, 0) is 11.8 Å². The molecule has 0 saturated carbocycles. The summed E-state index contributed by atoms with van der Waals surface area (Å²) in [4.78, 5) is 25.2. The molecule has 0 radical (unpaired) electrons. The van der Waals surface area contributed by atoms with Crippen molar-refractivity contribution in [1.29, 1.82) is 0 Å². The van der Waals surface area contributed by atoms with Gasteiger partial charge >= 0.3 is 18.1 Å². The largest absolute Gasteiger partial charge is 1.00 e. The highest BCUT2D eigenvalue weighted by Crippen LogP contribution is 2.19. The molecule has 6 nitrogen and oxygen atoms in total. The predicted molar refractivity (Wildman–Crippen MR) is 60.6 cm³/mol. The van der Waals surface area contributed by atoms with Gasteiger partial charge in [-0.1, -0.05) is 0 Å². The standard InChI is InChI=1S/C11H14F3N4O2.HI/c1-15-2-3-18(8-15)10(20)17-6-4-16(5-7-17)9(19)11(12,13)14;/h2-3,8H,4-7H2,1H3;1H/q+1;/p-1. The van der Waals surface area contributed by atoms with Gasteiger partial charge in [-0.05, 0) is 0 Å². The minimum absolute atomic E-state index is 0. The first-order valence-electron chi connectivity index (χ1n) is 5.97. The van der Waals surface area contributed by atoms with Crippen LogP contribution in [0.2, 0.25) is 0 Å². The van der Waals surface area contributed by atoms with Crippen LogP contribution in [-0.4, -0.2) is 58.7 Å². The molecule has 2 heterocycles. The Morgan fingerprint density at radius 1 is 1.10 bits per heavy atom. The molecule has 2 rings (SSSR count). The highest BCUT2D eigenvalue weighted by atomic mass is 127. The van der Waals surface area contributed by atoms with Crippen LogP contribution < -0.4 is 28.5 Å². The van der Waals surface area contributed by atoms with Crippen molar-refractivity contribution in [2.75, 3.05) is 26.2 Å². The number of nitrogens with zero attached hydrogens (tertiary/aromatic N) is 4. The molecule has 0 unspecified atom stereocenters. The van der Waals surface area contributed by atoms with Crippen LogP contribution in [0.3, 0.4) is 0 Å². The minimum Gasteiger partial charge on any atom is -1.00 e. The average molecular weight is 418 g/mol. The molecule has 1 aromatic heterocycles. The number of halogens is 4. The Balaban J connectivity index is 0.00000220. The lowest BCUT2D eigenvalue weighted by Gasteiger charge is -2.33. The number of piperazine rings is 1. The zero-order valence-electron chi connectivity index (χ0n) is 11.2. The second-order valence-electron chi connectivity index (χ2n) is 4.55. The number of aryl methyl sites for hydroxylation is 1. The molecule has 118 valence electrons. The van der Waals surface area contributed by atoms with Gasteiger partial charge in [0.25, 0.3) is 6.33 Å². The topological polar surface area (TPSA) is 49.4 Å². The summed E-state index contributed by atoms with van der Waals surface area (Å²) in [6.07, 6.45) is -0.0488. The second-order valence-corrected chi connectivity index (χ2v) is 4.55. The molecule has 0 bridgehead atoms. The van der Waals surface area contributed by atoms with E-state index in [0.717, 1.165) is 4.90 Å². The number of imidazole rings is 1. The van der Waals surface area contributed by atoms with E-state index in [1.165, 1.54) is 9.47 Å². The maximum atomic E-state index is 12.3. The first kappa shape index (κ1) is 17.7. The molecule has 0 aliphatic carbocycles. The van der Waals surface area contributed by atoms with Gasteiger partial charge in [-0.3, -0.25) is 4.79 Å². The molecular formula is C11H14F3IN4O2. The molecular weight excluding hydrogens is 404 g/mol. The molecule has 21 heavy (non-hydrogen) atoms. The summed E-state index contributed by atoms with van der Waals surface area (Å²) in [6, 6.07) is -0.315. The summed E-state index contributed by atoms with van der Waals surface area (Å²) < 4.78 is 39.9. The maximum Gasteiger partial charge on any atom is 0.471 e. The SMILES string of the molecule is C[n+]1ccn(C(=O)N2CCN(C(=O)C(F)(F)F)CC2)c1.[I-]. The molecule has 1 aliphatic heterocycles. The zero-order chi connectivity index (χ0) is 14.9. The maximum absolute atomic E-state index is 12.3. The molecule has 0 aromatic carbocycles. The summed E-state index contributed by atoms with van der Waals surface area (Å²) in [5.74, 6) is -1.85. The van der Waals surface area contributed by atoms with Gasteiger partial charge in [-0.2, -0.15) is 17.7 Å². The molecule has 1 aromatic rings. The van der Waals surface area contributed by atoms with E-state index in [4.69, 9.17) is 0 Å². The van der Waals surface area contributed by atoms with Gasteiger partial charge in [0.05, 0.1) is 7.05 Å². The summed E-state index contributed by atoms with van der Waals surface area (Å²) in [5.41, 5.74) is 0. The van der Waals surface area contributed by atoms with Crippen LogP contribution in [0.25, 0.3) is 0 Å². The second kappa shape index (κ2) is 6.62. The van der Waals surface area contributed by atoms with Gasteiger partial charge in [-0.25, -0.2) is 9.36 Å². The van der Waals surface area contributed by atoms with E-state index in [0.29, 0.717) is 0 Å². The Kier molecular flexibility index (Phi) is 5.59. The van der Waals surface area contributed by atoms with Crippen LogP contribution in [0.5, 0.6) is 0 Å². The zero-order valence-corrected chi connectivity index (χ0v) is 13.3.